The maximum atomic E-state index is 10.4. The van der Waals surface area contributed by atoms with E-state index < -0.39 is 0 Å². The van der Waals surface area contributed by atoms with E-state index in [1.165, 1.54) is 5.01 Å². The molecule has 1 N–H and O–H groups in total. The monoisotopic (exact) mass is 163 g/mol. The van der Waals surface area contributed by atoms with E-state index in [1.807, 2.05) is 37.3 Å². The number of carbonyl (C=O) groups excluding carboxylic acids is 1. The lowest BCUT2D eigenvalue weighted by atomic mass is 10.3. The van der Waals surface area contributed by atoms with Crippen LogP contribution < -0.4 is 10.4 Å². The molecule has 12 heavy (non-hydrogen) atoms. The summed E-state index contributed by atoms with van der Waals surface area (Å²) in [6.07, 6.45) is 1.79. The Morgan fingerprint density at radius 1 is 1.42 bits per heavy atom. The second-order valence-electron chi connectivity index (χ2n) is 2.27. The summed E-state index contributed by atoms with van der Waals surface area (Å²) in [4.78, 5) is 10.4. The first-order chi connectivity index (χ1) is 5.88. The largest absolute Gasteiger partial charge is 0.332 e. The molecule has 0 aromatic heterocycles. The van der Waals surface area contributed by atoms with Crippen molar-refractivity contribution in [3.63, 3.8) is 0 Å². The molecule has 1 radical (unpaired) electrons. The number of anilines is 1. The maximum Gasteiger partial charge on any atom is 0.332 e. The number of hydrazine groups is 1. The van der Waals surface area contributed by atoms with Crippen molar-refractivity contribution in [1.29, 1.82) is 0 Å². The van der Waals surface area contributed by atoms with E-state index in [0.717, 1.165) is 5.69 Å². The summed E-state index contributed by atoms with van der Waals surface area (Å²) >= 11 is 0. The first kappa shape index (κ1) is 8.74. The zero-order chi connectivity index (χ0) is 8.81. The highest BCUT2D eigenvalue weighted by molar-refractivity contribution is 5.73. The second-order valence-corrected chi connectivity index (χ2v) is 2.27. The van der Waals surface area contributed by atoms with Gasteiger partial charge in [-0.25, -0.2) is 10.4 Å². The van der Waals surface area contributed by atoms with Crippen LogP contribution in [0.15, 0.2) is 30.3 Å². The van der Waals surface area contributed by atoms with Crippen molar-refractivity contribution in [3.05, 3.63) is 30.3 Å². The van der Waals surface area contributed by atoms with Gasteiger partial charge in [-0.05, 0) is 12.1 Å². The van der Waals surface area contributed by atoms with Crippen molar-refractivity contribution in [2.75, 3.05) is 11.6 Å². The van der Waals surface area contributed by atoms with Gasteiger partial charge in [0.2, 0.25) is 0 Å². The first-order valence-electron chi connectivity index (χ1n) is 3.85. The van der Waals surface area contributed by atoms with E-state index >= 15 is 0 Å². The SMILES string of the molecule is CCNN([C]=O)c1ccccc1. The first-order valence-corrected chi connectivity index (χ1v) is 3.85. The maximum absolute atomic E-state index is 10.4. The van der Waals surface area contributed by atoms with Crippen molar-refractivity contribution in [2.45, 2.75) is 6.92 Å². The van der Waals surface area contributed by atoms with Gasteiger partial charge in [0.05, 0.1) is 5.69 Å². The van der Waals surface area contributed by atoms with Crippen molar-refractivity contribution >= 4 is 12.1 Å². The summed E-state index contributed by atoms with van der Waals surface area (Å²) in [5.74, 6) is 0. The van der Waals surface area contributed by atoms with Crippen molar-refractivity contribution in [1.82, 2.24) is 5.43 Å². The van der Waals surface area contributed by atoms with Gasteiger partial charge in [-0.3, -0.25) is 4.79 Å². The molecule has 0 aliphatic carbocycles. The van der Waals surface area contributed by atoms with Crippen LogP contribution >= 0.6 is 0 Å². The number of para-hydroxylation sites is 1. The third kappa shape index (κ3) is 2.07. The van der Waals surface area contributed by atoms with E-state index in [1.54, 1.807) is 6.41 Å². The molecule has 0 saturated heterocycles. The summed E-state index contributed by atoms with van der Waals surface area (Å²) < 4.78 is 0. The van der Waals surface area contributed by atoms with Gasteiger partial charge in [0.15, 0.2) is 0 Å². The smallest absolute Gasteiger partial charge is 0.261 e. The molecule has 3 nitrogen and oxygen atoms in total. The minimum atomic E-state index is 0.699. The molecular formula is C9H11N2O. The highest BCUT2D eigenvalue weighted by Crippen LogP contribution is 2.07. The molecule has 0 fully saturated rings. The minimum absolute atomic E-state index is 0.699. The molecule has 1 rings (SSSR count). The summed E-state index contributed by atoms with van der Waals surface area (Å²) in [6, 6.07) is 9.33. The molecule has 0 atom stereocenters. The molecule has 0 bridgehead atoms. The average Bonchev–Trinajstić information content (AvgIpc) is 2.15. The van der Waals surface area contributed by atoms with E-state index in [-0.39, 0.29) is 0 Å². The van der Waals surface area contributed by atoms with Crippen molar-refractivity contribution in [3.8, 4) is 0 Å². The topological polar surface area (TPSA) is 32.3 Å². The third-order valence-electron chi connectivity index (χ3n) is 1.42. The van der Waals surface area contributed by atoms with Gasteiger partial charge in [0.1, 0.15) is 0 Å². The Morgan fingerprint density at radius 2 is 2.08 bits per heavy atom. The fraction of sp³-hybridized carbons (Fsp3) is 0.222. The number of benzene rings is 1. The van der Waals surface area contributed by atoms with E-state index in [0.29, 0.717) is 6.54 Å². The Labute approximate surface area is 72.0 Å². The normalized spacial score (nSPS) is 9.42. The molecule has 0 aliphatic rings. The fourth-order valence-corrected chi connectivity index (χ4v) is 0.911. The molecule has 63 valence electrons. The van der Waals surface area contributed by atoms with Crippen LogP contribution in [-0.4, -0.2) is 13.0 Å². The lowest BCUT2D eigenvalue weighted by Crippen LogP contribution is -2.36. The van der Waals surface area contributed by atoms with Crippen LogP contribution in [0.25, 0.3) is 0 Å². The third-order valence-corrected chi connectivity index (χ3v) is 1.42. The van der Waals surface area contributed by atoms with Crippen molar-refractivity contribution in [2.24, 2.45) is 0 Å². The Hall–Kier alpha value is -1.35. The Bertz CT molecular complexity index is 236. The lowest BCUT2D eigenvalue weighted by Gasteiger charge is -2.15. The van der Waals surface area contributed by atoms with Crippen LogP contribution in [0.2, 0.25) is 0 Å². The molecular weight excluding hydrogens is 152 g/mol. The van der Waals surface area contributed by atoms with Gasteiger partial charge >= 0.3 is 6.41 Å². The zero-order valence-corrected chi connectivity index (χ0v) is 6.95. The Balaban J connectivity index is 2.73. The molecule has 1 aromatic carbocycles. The van der Waals surface area contributed by atoms with Gasteiger partial charge < -0.3 is 0 Å². The van der Waals surface area contributed by atoms with E-state index in [4.69, 9.17) is 0 Å². The number of nitrogens with zero attached hydrogens (tertiary/aromatic N) is 1. The summed E-state index contributed by atoms with van der Waals surface area (Å²) in [5.41, 5.74) is 3.66. The van der Waals surface area contributed by atoms with Gasteiger partial charge in [-0.1, -0.05) is 25.1 Å². The molecule has 1 amide bonds. The van der Waals surface area contributed by atoms with Gasteiger partial charge in [-0.2, -0.15) is 0 Å². The molecule has 0 heterocycles. The predicted octanol–water partition coefficient (Wildman–Crippen LogP) is 1.08. The molecule has 1 aromatic rings. The van der Waals surface area contributed by atoms with Crippen LogP contribution in [0, 0.1) is 0 Å². The predicted molar refractivity (Wildman–Crippen MR) is 48.3 cm³/mol. The van der Waals surface area contributed by atoms with Gasteiger partial charge in [-0.15, -0.1) is 0 Å². The van der Waals surface area contributed by atoms with E-state index in [2.05, 4.69) is 5.43 Å². The standard InChI is InChI=1S/C9H11N2O/c1-2-10-11(8-12)9-6-4-3-5-7-9/h3-7,10H,2H2,1H3. The Morgan fingerprint density at radius 3 is 2.58 bits per heavy atom. The highest BCUT2D eigenvalue weighted by Gasteiger charge is 2.01. The molecule has 3 heteroatoms. The van der Waals surface area contributed by atoms with E-state index in [9.17, 15) is 4.79 Å². The fourth-order valence-electron chi connectivity index (χ4n) is 0.911. The number of nitrogens with one attached hydrogen (secondary N) is 1. The van der Waals surface area contributed by atoms with Gasteiger partial charge in [0.25, 0.3) is 0 Å². The van der Waals surface area contributed by atoms with Crippen LogP contribution in [0.4, 0.5) is 5.69 Å². The highest BCUT2D eigenvalue weighted by atomic mass is 16.1. The summed E-state index contributed by atoms with van der Waals surface area (Å²) in [7, 11) is 0. The van der Waals surface area contributed by atoms with Crippen LogP contribution in [0.3, 0.4) is 0 Å². The number of hydrogen-bond donors (Lipinski definition) is 1. The van der Waals surface area contributed by atoms with Crippen LogP contribution in [0.5, 0.6) is 0 Å². The summed E-state index contributed by atoms with van der Waals surface area (Å²) in [5, 5.41) is 1.33. The molecule has 0 unspecified atom stereocenters. The molecule has 0 aliphatic heterocycles. The Kier molecular flexibility index (Phi) is 3.29. The van der Waals surface area contributed by atoms with Crippen molar-refractivity contribution < 1.29 is 4.79 Å². The second kappa shape index (κ2) is 4.51. The van der Waals surface area contributed by atoms with Crippen LogP contribution in [-0.2, 0) is 4.79 Å². The molecule has 0 saturated carbocycles. The lowest BCUT2D eigenvalue weighted by molar-refractivity contribution is 0.542. The minimum Gasteiger partial charge on any atom is -0.261 e. The number of hydrogen-bond acceptors (Lipinski definition) is 2. The quantitative estimate of drug-likeness (QED) is 0.532. The average molecular weight is 163 g/mol. The summed E-state index contributed by atoms with van der Waals surface area (Å²) in [6.45, 7) is 2.62. The molecule has 0 spiro atoms. The zero-order valence-electron chi connectivity index (χ0n) is 6.95. The van der Waals surface area contributed by atoms with Gasteiger partial charge in [0, 0.05) is 6.54 Å². The van der Waals surface area contributed by atoms with Crippen LogP contribution in [0.1, 0.15) is 6.92 Å². The number of amides is 1. The number of rotatable bonds is 4.